The Labute approximate surface area is 102 Å². The van der Waals surface area contributed by atoms with Gasteiger partial charge in [0.05, 0.1) is 6.26 Å². The molecule has 1 aliphatic carbocycles. The van der Waals surface area contributed by atoms with Crippen molar-refractivity contribution in [2.75, 3.05) is 6.54 Å². The van der Waals surface area contributed by atoms with Crippen molar-refractivity contribution in [3.05, 3.63) is 23.7 Å². The minimum atomic E-state index is -0.209. The molecule has 1 aliphatic rings. The van der Waals surface area contributed by atoms with Crippen LogP contribution >= 0.6 is 0 Å². The zero-order chi connectivity index (χ0) is 12.1. The largest absolute Gasteiger partial charge is 0.469 e. The fraction of sp³-hybridized carbons (Fsp3) is 0.615. The topological polar surface area (TPSA) is 68.3 Å². The second kappa shape index (κ2) is 5.87. The maximum Gasteiger partial charge on any atom is 0.217 e. The summed E-state index contributed by atoms with van der Waals surface area (Å²) >= 11 is 0. The molecule has 1 aromatic rings. The van der Waals surface area contributed by atoms with Crippen LogP contribution in [0.3, 0.4) is 0 Å². The third-order valence-electron chi connectivity index (χ3n) is 3.29. The molecule has 0 aromatic carbocycles. The normalized spacial score (nSPS) is 18.9. The lowest BCUT2D eigenvalue weighted by Gasteiger charge is -2.22. The number of nitrogens with two attached hydrogens (primary N) is 1. The minimum Gasteiger partial charge on any atom is -0.469 e. The van der Waals surface area contributed by atoms with Crippen LogP contribution in [0, 0.1) is 0 Å². The predicted molar refractivity (Wildman–Crippen MR) is 65.4 cm³/mol. The lowest BCUT2D eigenvalue weighted by molar-refractivity contribution is -0.118. The second-order valence-corrected chi connectivity index (χ2v) is 4.62. The van der Waals surface area contributed by atoms with Crippen LogP contribution in [-0.2, 0) is 11.2 Å². The average molecular weight is 236 g/mol. The summed E-state index contributed by atoms with van der Waals surface area (Å²) in [6.45, 7) is 0.933. The van der Waals surface area contributed by atoms with Crippen LogP contribution in [0.2, 0.25) is 0 Å². The first-order valence-corrected chi connectivity index (χ1v) is 6.35. The number of hydrogen-bond acceptors (Lipinski definition) is 3. The van der Waals surface area contributed by atoms with Gasteiger partial charge in [0.25, 0.3) is 0 Å². The molecule has 0 saturated heterocycles. The van der Waals surface area contributed by atoms with E-state index in [2.05, 4.69) is 11.4 Å². The van der Waals surface area contributed by atoms with E-state index in [4.69, 9.17) is 10.2 Å². The Balaban J connectivity index is 1.72. The second-order valence-electron chi connectivity index (χ2n) is 4.62. The van der Waals surface area contributed by atoms with Gasteiger partial charge in [0, 0.05) is 24.4 Å². The Hall–Kier alpha value is -1.29. The highest BCUT2D eigenvalue weighted by Crippen LogP contribution is 2.30. The van der Waals surface area contributed by atoms with E-state index in [9.17, 15) is 4.79 Å². The van der Waals surface area contributed by atoms with Crippen LogP contribution in [-0.4, -0.2) is 12.5 Å². The molecular weight excluding hydrogens is 216 g/mol. The number of fused-ring (bicyclic) bond motifs is 1. The number of hydrogen-bond donors (Lipinski definition) is 2. The van der Waals surface area contributed by atoms with Gasteiger partial charge in [-0.25, -0.2) is 0 Å². The van der Waals surface area contributed by atoms with Crippen molar-refractivity contribution in [3.63, 3.8) is 0 Å². The Morgan fingerprint density at radius 3 is 3.24 bits per heavy atom. The lowest BCUT2D eigenvalue weighted by Crippen LogP contribution is -2.25. The first-order chi connectivity index (χ1) is 8.27. The van der Waals surface area contributed by atoms with Crippen LogP contribution < -0.4 is 11.1 Å². The van der Waals surface area contributed by atoms with Crippen LogP contribution in [0.4, 0.5) is 0 Å². The van der Waals surface area contributed by atoms with Gasteiger partial charge in [-0.3, -0.25) is 4.79 Å². The minimum absolute atomic E-state index is 0.209. The maximum atomic E-state index is 10.6. The van der Waals surface area contributed by atoms with Gasteiger partial charge >= 0.3 is 0 Å². The molecule has 0 fully saturated rings. The Morgan fingerprint density at radius 1 is 1.53 bits per heavy atom. The first-order valence-electron chi connectivity index (χ1n) is 6.35. The predicted octanol–water partition coefficient (Wildman–Crippen LogP) is 1.90. The number of rotatable bonds is 6. The van der Waals surface area contributed by atoms with Crippen molar-refractivity contribution in [3.8, 4) is 0 Å². The van der Waals surface area contributed by atoms with Crippen LogP contribution in [0.25, 0.3) is 0 Å². The molecule has 94 valence electrons. The average Bonchev–Trinajstić information content (AvgIpc) is 2.77. The smallest absolute Gasteiger partial charge is 0.217 e. The molecule has 0 radical (unpaired) electrons. The van der Waals surface area contributed by atoms with Crippen LogP contribution in [0.15, 0.2) is 16.7 Å². The quantitative estimate of drug-likeness (QED) is 0.741. The number of amides is 1. The van der Waals surface area contributed by atoms with E-state index in [0.717, 1.165) is 31.6 Å². The lowest BCUT2D eigenvalue weighted by atomic mass is 9.93. The number of primary amides is 1. The monoisotopic (exact) mass is 236 g/mol. The molecule has 4 nitrogen and oxygen atoms in total. The van der Waals surface area contributed by atoms with Crippen LogP contribution in [0.5, 0.6) is 0 Å². The van der Waals surface area contributed by atoms with Crippen LogP contribution in [0.1, 0.15) is 49.5 Å². The molecule has 1 aromatic heterocycles. The van der Waals surface area contributed by atoms with E-state index in [1.165, 1.54) is 18.4 Å². The van der Waals surface area contributed by atoms with Crippen molar-refractivity contribution in [2.45, 2.75) is 44.6 Å². The number of aryl methyl sites for hydroxylation is 1. The summed E-state index contributed by atoms with van der Waals surface area (Å²) in [6, 6.07) is 2.49. The summed E-state index contributed by atoms with van der Waals surface area (Å²) < 4.78 is 5.44. The Morgan fingerprint density at radius 2 is 2.41 bits per heavy atom. The first kappa shape index (κ1) is 12.2. The zero-order valence-electron chi connectivity index (χ0n) is 10.1. The van der Waals surface area contributed by atoms with Crippen molar-refractivity contribution in [1.29, 1.82) is 0 Å². The molecule has 0 saturated carbocycles. The van der Waals surface area contributed by atoms with E-state index >= 15 is 0 Å². The number of nitrogens with one attached hydrogen (secondary N) is 1. The third kappa shape index (κ3) is 3.33. The molecule has 3 N–H and O–H groups in total. The molecule has 1 unspecified atom stereocenters. The number of furan rings is 1. The summed E-state index contributed by atoms with van der Waals surface area (Å²) in [4.78, 5) is 10.6. The van der Waals surface area contributed by atoms with E-state index in [-0.39, 0.29) is 5.91 Å². The Kier molecular flexibility index (Phi) is 4.20. The molecule has 4 heteroatoms. The molecule has 0 bridgehead atoms. The number of unbranched alkanes of at least 4 members (excludes halogenated alkanes) is 1. The van der Waals surface area contributed by atoms with Gasteiger partial charge in [-0.05, 0) is 38.3 Å². The molecule has 0 aliphatic heterocycles. The summed E-state index contributed by atoms with van der Waals surface area (Å²) in [6.07, 6.45) is 7.53. The van der Waals surface area contributed by atoms with E-state index in [1.54, 1.807) is 6.26 Å². The highest BCUT2D eigenvalue weighted by Gasteiger charge is 2.21. The van der Waals surface area contributed by atoms with Crippen molar-refractivity contribution >= 4 is 5.91 Å². The third-order valence-corrected chi connectivity index (χ3v) is 3.29. The van der Waals surface area contributed by atoms with E-state index < -0.39 is 0 Å². The summed E-state index contributed by atoms with van der Waals surface area (Å²) in [5, 5.41) is 3.53. The van der Waals surface area contributed by atoms with Gasteiger partial charge < -0.3 is 15.5 Å². The zero-order valence-corrected chi connectivity index (χ0v) is 10.1. The highest BCUT2D eigenvalue weighted by atomic mass is 16.3. The summed E-state index contributed by atoms with van der Waals surface area (Å²) in [7, 11) is 0. The van der Waals surface area contributed by atoms with Gasteiger partial charge in [-0.1, -0.05) is 0 Å². The molecule has 17 heavy (non-hydrogen) atoms. The molecule has 1 atom stereocenters. The van der Waals surface area contributed by atoms with Gasteiger partial charge in [0.1, 0.15) is 5.76 Å². The van der Waals surface area contributed by atoms with Crippen molar-refractivity contribution < 1.29 is 9.21 Å². The number of carbonyl (C=O) groups is 1. The molecule has 0 spiro atoms. The van der Waals surface area contributed by atoms with E-state index in [1.807, 2.05) is 0 Å². The molecular formula is C13H20N2O2. The van der Waals surface area contributed by atoms with Gasteiger partial charge in [0.15, 0.2) is 0 Å². The fourth-order valence-corrected chi connectivity index (χ4v) is 2.40. The number of carbonyl (C=O) groups excluding carboxylic acids is 1. The standard InChI is InChI=1S/C13H20N2O2/c14-13(16)6-1-2-8-15-11-4-3-5-12-10(11)7-9-17-12/h7,9,11,15H,1-6,8H2,(H2,14,16). The van der Waals surface area contributed by atoms with Crippen molar-refractivity contribution in [1.82, 2.24) is 5.32 Å². The van der Waals surface area contributed by atoms with Crippen molar-refractivity contribution in [2.24, 2.45) is 5.73 Å². The molecule has 2 rings (SSSR count). The summed E-state index contributed by atoms with van der Waals surface area (Å²) in [5.74, 6) is 0.922. The summed E-state index contributed by atoms with van der Waals surface area (Å²) in [5.41, 5.74) is 6.41. The fourth-order valence-electron chi connectivity index (χ4n) is 2.40. The highest BCUT2D eigenvalue weighted by molar-refractivity contribution is 5.73. The SMILES string of the molecule is NC(=O)CCCCNC1CCCc2occc21. The van der Waals surface area contributed by atoms with Gasteiger partial charge in [0.2, 0.25) is 5.91 Å². The molecule has 1 heterocycles. The Bertz CT molecular complexity index is 373. The van der Waals surface area contributed by atoms with Gasteiger partial charge in [-0.15, -0.1) is 0 Å². The molecule has 1 amide bonds. The van der Waals surface area contributed by atoms with E-state index in [0.29, 0.717) is 12.5 Å². The van der Waals surface area contributed by atoms with Gasteiger partial charge in [-0.2, -0.15) is 0 Å². The maximum absolute atomic E-state index is 10.6.